The van der Waals surface area contributed by atoms with E-state index in [0.717, 1.165) is 37.3 Å². The van der Waals surface area contributed by atoms with Crippen LogP contribution in [-0.4, -0.2) is 23.2 Å². The molecular formula is C17H16BrN3O2S. The van der Waals surface area contributed by atoms with Gasteiger partial charge in [-0.1, -0.05) is 12.1 Å². The molecule has 3 rings (SSSR count). The van der Waals surface area contributed by atoms with E-state index in [4.69, 9.17) is 4.74 Å². The summed E-state index contributed by atoms with van der Waals surface area (Å²) in [6, 6.07) is 7.60. The van der Waals surface area contributed by atoms with Crippen LogP contribution in [0.5, 0.6) is 5.75 Å². The maximum absolute atomic E-state index is 12.5. The number of hydrogen-bond donors (Lipinski definition) is 1. The van der Waals surface area contributed by atoms with E-state index in [2.05, 4.69) is 31.4 Å². The van der Waals surface area contributed by atoms with Gasteiger partial charge in [-0.2, -0.15) is 5.10 Å². The van der Waals surface area contributed by atoms with Crippen molar-refractivity contribution in [2.24, 2.45) is 0 Å². The minimum absolute atomic E-state index is 0.127. The first kappa shape index (κ1) is 16.9. The molecule has 0 fully saturated rings. The van der Waals surface area contributed by atoms with Crippen LogP contribution < -0.4 is 10.1 Å². The molecule has 1 amide bonds. The average Bonchev–Trinajstić information content (AvgIpc) is 2.94. The smallest absolute Gasteiger partial charge is 0.262 e. The number of halogens is 1. The summed E-state index contributed by atoms with van der Waals surface area (Å²) in [5.41, 5.74) is 2.91. The Kier molecular flexibility index (Phi) is 4.82. The number of carbonyl (C=O) groups is 1. The molecule has 3 aromatic rings. The number of benzene rings is 1. The predicted molar refractivity (Wildman–Crippen MR) is 98.8 cm³/mol. The molecule has 5 nitrogen and oxygen atoms in total. The Hall–Kier alpha value is -1.99. The Morgan fingerprint density at radius 2 is 1.96 bits per heavy atom. The van der Waals surface area contributed by atoms with Crippen molar-refractivity contribution in [1.82, 2.24) is 15.5 Å². The zero-order valence-electron chi connectivity index (χ0n) is 13.5. The minimum atomic E-state index is -0.127. The fourth-order valence-electron chi connectivity index (χ4n) is 2.32. The SMILES string of the molecule is COc1ccc(CNC(=O)c2sc3nnc(C)c(C)c3c2Br)cc1. The van der Waals surface area contributed by atoms with Gasteiger partial charge in [0.1, 0.15) is 15.5 Å². The monoisotopic (exact) mass is 405 g/mol. The molecule has 2 aromatic heterocycles. The number of fused-ring (bicyclic) bond motifs is 1. The second-order valence-electron chi connectivity index (χ2n) is 5.37. The molecule has 124 valence electrons. The maximum atomic E-state index is 12.5. The maximum Gasteiger partial charge on any atom is 0.262 e. The highest BCUT2D eigenvalue weighted by Crippen LogP contribution is 2.36. The molecule has 0 saturated heterocycles. The van der Waals surface area contributed by atoms with Crippen LogP contribution >= 0.6 is 27.3 Å². The summed E-state index contributed by atoms with van der Waals surface area (Å²) in [5.74, 6) is 0.666. The average molecular weight is 406 g/mol. The lowest BCUT2D eigenvalue weighted by Crippen LogP contribution is -2.22. The lowest BCUT2D eigenvalue weighted by molar-refractivity contribution is 0.0954. The topological polar surface area (TPSA) is 64.1 Å². The van der Waals surface area contributed by atoms with Crippen molar-refractivity contribution < 1.29 is 9.53 Å². The summed E-state index contributed by atoms with van der Waals surface area (Å²) in [5, 5.41) is 12.2. The van der Waals surface area contributed by atoms with Crippen LogP contribution in [0.25, 0.3) is 10.2 Å². The van der Waals surface area contributed by atoms with Gasteiger partial charge in [0, 0.05) is 11.9 Å². The Labute approximate surface area is 152 Å². The molecule has 2 heterocycles. The molecule has 0 radical (unpaired) electrons. The fraction of sp³-hybridized carbons (Fsp3) is 0.235. The lowest BCUT2D eigenvalue weighted by Gasteiger charge is -2.06. The minimum Gasteiger partial charge on any atom is -0.497 e. The standard InChI is InChI=1S/C17H16BrN3O2S/c1-9-10(2)20-21-17-13(9)14(18)15(24-17)16(22)19-8-11-4-6-12(23-3)7-5-11/h4-7H,8H2,1-3H3,(H,19,22). The summed E-state index contributed by atoms with van der Waals surface area (Å²) in [4.78, 5) is 13.9. The van der Waals surface area contributed by atoms with Crippen molar-refractivity contribution in [3.05, 3.63) is 50.4 Å². The Morgan fingerprint density at radius 1 is 1.25 bits per heavy atom. The number of rotatable bonds is 4. The van der Waals surface area contributed by atoms with Crippen molar-refractivity contribution in [3.63, 3.8) is 0 Å². The van der Waals surface area contributed by atoms with Gasteiger partial charge in [-0.25, -0.2) is 0 Å². The van der Waals surface area contributed by atoms with Gasteiger partial charge in [0.15, 0.2) is 0 Å². The van der Waals surface area contributed by atoms with Gasteiger partial charge >= 0.3 is 0 Å². The number of nitrogens with zero attached hydrogens (tertiary/aromatic N) is 2. The summed E-state index contributed by atoms with van der Waals surface area (Å²) in [6.07, 6.45) is 0. The molecule has 24 heavy (non-hydrogen) atoms. The fourth-order valence-corrected chi connectivity index (χ4v) is 4.35. The van der Waals surface area contributed by atoms with E-state index in [1.807, 2.05) is 38.1 Å². The molecule has 1 N–H and O–H groups in total. The van der Waals surface area contributed by atoms with E-state index in [-0.39, 0.29) is 5.91 Å². The largest absolute Gasteiger partial charge is 0.497 e. The molecule has 0 aliphatic heterocycles. The molecule has 0 atom stereocenters. The normalized spacial score (nSPS) is 10.8. The van der Waals surface area contributed by atoms with E-state index in [1.165, 1.54) is 11.3 Å². The predicted octanol–water partition coefficient (Wildman–Crippen LogP) is 4.01. The van der Waals surface area contributed by atoms with Gasteiger partial charge in [0.05, 0.1) is 17.3 Å². The van der Waals surface area contributed by atoms with Crippen LogP contribution in [0.1, 0.15) is 26.5 Å². The van der Waals surface area contributed by atoms with Crippen molar-refractivity contribution in [2.45, 2.75) is 20.4 Å². The molecule has 7 heteroatoms. The number of carbonyl (C=O) groups excluding carboxylic acids is 1. The van der Waals surface area contributed by atoms with Crippen LogP contribution in [0.15, 0.2) is 28.7 Å². The van der Waals surface area contributed by atoms with Crippen LogP contribution in [0.4, 0.5) is 0 Å². The van der Waals surface area contributed by atoms with Gasteiger partial charge in [0.2, 0.25) is 0 Å². The van der Waals surface area contributed by atoms with Gasteiger partial charge in [-0.3, -0.25) is 4.79 Å². The molecule has 0 aliphatic rings. The van der Waals surface area contributed by atoms with Gasteiger partial charge in [-0.05, 0) is 53.0 Å². The van der Waals surface area contributed by atoms with E-state index in [0.29, 0.717) is 11.4 Å². The Balaban J connectivity index is 1.81. The number of amides is 1. The highest BCUT2D eigenvalue weighted by atomic mass is 79.9. The van der Waals surface area contributed by atoms with E-state index in [9.17, 15) is 4.79 Å². The van der Waals surface area contributed by atoms with E-state index < -0.39 is 0 Å². The summed E-state index contributed by atoms with van der Waals surface area (Å²) in [6.45, 7) is 4.35. The number of thiophene rings is 1. The van der Waals surface area contributed by atoms with Crippen molar-refractivity contribution in [1.29, 1.82) is 0 Å². The zero-order chi connectivity index (χ0) is 17.3. The third-order valence-corrected chi connectivity index (χ3v) is 5.99. The molecular weight excluding hydrogens is 390 g/mol. The van der Waals surface area contributed by atoms with Crippen molar-refractivity contribution in [3.8, 4) is 5.75 Å². The first-order chi connectivity index (χ1) is 11.5. The molecule has 0 unspecified atom stereocenters. The first-order valence-electron chi connectivity index (χ1n) is 7.34. The van der Waals surface area contributed by atoms with E-state index in [1.54, 1.807) is 7.11 Å². The third kappa shape index (κ3) is 3.14. The highest BCUT2D eigenvalue weighted by Gasteiger charge is 2.20. The number of hydrogen-bond acceptors (Lipinski definition) is 5. The third-order valence-electron chi connectivity index (χ3n) is 3.86. The van der Waals surface area contributed by atoms with Crippen molar-refractivity contribution in [2.75, 3.05) is 7.11 Å². The molecule has 1 aromatic carbocycles. The molecule has 0 bridgehead atoms. The number of aryl methyl sites for hydroxylation is 2. The van der Waals surface area contributed by atoms with E-state index >= 15 is 0 Å². The Bertz CT molecular complexity index is 906. The van der Waals surface area contributed by atoms with Crippen LogP contribution in [0, 0.1) is 13.8 Å². The first-order valence-corrected chi connectivity index (χ1v) is 8.95. The van der Waals surface area contributed by atoms with Gasteiger partial charge < -0.3 is 10.1 Å². The van der Waals surface area contributed by atoms with Crippen LogP contribution in [-0.2, 0) is 6.54 Å². The zero-order valence-corrected chi connectivity index (χ0v) is 15.9. The van der Waals surface area contributed by atoms with Crippen LogP contribution in [0.2, 0.25) is 0 Å². The second-order valence-corrected chi connectivity index (χ2v) is 7.16. The summed E-state index contributed by atoms with van der Waals surface area (Å²) < 4.78 is 5.91. The number of ether oxygens (including phenoxy) is 1. The Morgan fingerprint density at radius 3 is 2.62 bits per heavy atom. The van der Waals surface area contributed by atoms with Crippen molar-refractivity contribution >= 4 is 43.4 Å². The summed E-state index contributed by atoms with van der Waals surface area (Å²) >= 11 is 4.89. The number of aromatic nitrogens is 2. The number of methoxy groups -OCH3 is 1. The summed E-state index contributed by atoms with van der Waals surface area (Å²) in [7, 11) is 1.63. The second kappa shape index (κ2) is 6.86. The molecule has 0 saturated carbocycles. The van der Waals surface area contributed by atoms with Gasteiger partial charge in [0.25, 0.3) is 5.91 Å². The van der Waals surface area contributed by atoms with Gasteiger partial charge in [-0.15, -0.1) is 16.4 Å². The molecule has 0 aliphatic carbocycles. The number of nitrogens with one attached hydrogen (secondary N) is 1. The highest BCUT2D eigenvalue weighted by molar-refractivity contribution is 9.10. The van der Waals surface area contributed by atoms with Crippen LogP contribution in [0.3, 0.4) is 0 Å². The lowest BCUT2D eigenvalue weighted by atomic mass is 10.2. The molecule has 0 spiro atoms. The quantitative estimate of drug-likeness (QED) is 0.711.